The summed E-state index contributed by atoms with van der Waals surface area (Å²) >= 11 is 0. The third-order valence-corrected chi connectivity index (χ3v) is 7.15. The van der Waals surface area contributed by atoms with E-state index in [0.29, 0.717) is 22.6 Å². The minimum Gasteiger partial charge on any atom is -0.493 e. The largest absolute Gasteiger partial charge is 0.493 e. The van der Waals surface area contributed by atoms with Gasteiger partial charge in [0.1, 0.15) is 12.3 Å². The van der Waals surface area contributed by atoms with Gasteiger partial charge in [0.2, 0.25) is 11.6 Å². The first-order valence-electron chi connectivity index (χ1n) is 12.1. The van der Waals surface area contributed by atoms with Crippen LogP contribution in [0.25, 0.3) is 22.9 Å². The molecule has 0 spiro atoms. The molecule has 15 heteroatoms. The van der Waals surface area contributed by atoms with Crippen LogP contribution in [0.1, 0.15) is 5.56 Å². The minimum absolute atomic E-state index is 0.0459. The van der Waals surface area contributed by atoms with Crippen LogP contribution in [0.2, 0.25) is 0 Å². The Hall–Kier alpha value is -5.15. The Bertz CT molecular complexity index is 1770. The average Bonchev–Trinajstić information content (AvgIpc) is 3.53. The number of methoxy groups -OCH3 is 1. The summed E-state index contributed by atoms with van der Waals surface area (Å²) in [5.74, 6) is 0.443. The van der Waals surface area contributed by atoms with Crippen LogP contribution in [-0.4, -0.2) is 69.4 Å². The molecular formula is C26H24N8O6S. The lowest BCUT2D eigenvalue weighted by atomic mass is 10.2. The molecule has 5 aromatic rings. The molecular weight excluding hydrogens is 552 g/mol. The van der Waals surface area contributed by atoms with Gasteiger partial charge < -0.3 is 19.3 Å². The van der Waals surface area contributed by atoms with Gasteiger partial charge in [0.25, 0.3) is 15.9 Å². The van der Waals surface area contributed by atoms with E-state index in [-0.39, 0.29) is 53.0 Å². The molecule has 41 heavy (non-hydrogen) atoms. The zero-order valence-corrected chi connectivity index (χ0v) is 22.7. The highest BCUT2D eigenvalue weighted by atomic mass is 32.2. The second-order valence-electron chi connectivity index (χ2n) is 8.39. The van der Waals surface area contributed by atoms with E-state index in [4.69, 9.17) is 14.2 Å². The van der Waals surface area contributed by atoms with Crippen molar-refractivity contribution in [2.75, 3.05) is 25.0 Å². The van der Waals surface area contributed by atoms with Crippen LogP contribution in [0.15, 0.2) is 71.8 Å². The molecule has 0 aliphatic heterocycles. The summed E-state index contributed by atoms with van der Waals surface area (Å²) in [6.07, 6.45) is 1.50. The van der Waals surface area contributed by atoms with Crippen molar-refractivity contribution >= 4 is 15.8 Å². The van der Waals surface area contributed by atoms with E-state index in [2.05, 4.69) is 40.3 Å². The van der Waals surface area contributed by atoms with E-state index in [1.54, 1.807) is 61.5 Å². The van der Waals surface area contributed by atoms with Gasteiger partial charge in [-0.3, -0.25) is 9.71 Å². The number of para-hydroxylation sites is 2. The SMILES string of the molecule is COc1ccccc1Oc1c(NS(=O)(=O)c2ccccc2C)nc(-c2ccnc(-c3nn[nH]n3)c2)nc1OCCO. The number of pyridine rings is 1. The number of benzene rings is 2. The van der Waals surface area contributed by atoms with Gasteiger partial charge in [-0.15, -0.1) is 10.2 Å². The Labute approximate surface area is 234 Å². The van der Waals surface area contributed by atoms with Crippen molar-refractivity contribution in [3.8, 4) is 46.0 Å². The number of ether oxygens (including phenoxy) is 3. The Morgan fingerprint density at radius 3 is 2.51 bits per heavy atom. The third-order valence-electron chi connectivity index (χ3n) is 5.65. The maximum atomic E-state index is 13.6. The molecule has 14 nitrogen and oxygen atoms in total. The molecule has 0 amide bonds. The van der Waals surface area contributed by atoms with Crippen LogP contribution < -0.4 is 18.9 Å². The summed E-state index contributed by atoms with van der Waals surface area (Å²) in [7, 11) is -2.69. The Morgan fingerprint density at radius 2 is 1.78 bits per heavy atom. The van der Waals surface area contributed by atoms with Crippen LogP contribution in [0.5, 0.6) is 23.1 Å². The highest BCUT2D eigenvalue weighted by Crippen LogP contribution is 2.41. The molecule has 0 saturated carbocycles. The molecule has 3 aromatic heterocycles. The van der Waals surface area contributed by atoms with Gasteiger partial charge >= 0.3 is 0 Å². The van der Waals surface area contributed by atoms with Gasteiger partial charge in [-0.25, -0.2) is 13.4 Å². The molecule has 0 unspecified atom stereocenters. The lowest BCUT2D eigenvalue weighted by molar-refractivity contribution is 0.192. The average molecular weight is 577 g/mol. The summed E-state index contributed by atoms with van der Waals surface area (Å²) in [4.78, 5) is 13.3. The topological polar surface area (TPSA) is 187 Å². The van der Waals surface area contributed by atoms with Gasteiger partial charge in [0.15, 0.2) is 23.1 Å². The van der Waals surface area contributed by atoms with E-state index >= 15 is 0 Å². The summed E-state index contributed by atoms with van der Waals surface area (Å²) in [6, 6.07) is 16.5. The molecule has 210 valence electrons. The zero-order chi connectivity index (χ0) is 28.8. The molecule has 3 N–H and O–H groups in total. The fourth-order valence-corrected chi connectivity index (χ4v) is 5.03. The standard InChI is InChI=1S/C26H24N8O6S/c1-16-7-3-6-10-21(16)41(36,37)32-25-22(40-20-9-5-4-8-19(20)38-2)26(39-14-13-35)29-23(28-25)17-11-12-27-18(15-17)24-30-33-34-31-24/h3-12,15,35H,13-14H2,1-2H3,(H,28,29,32)(H,30,31,33,34). The van der Waals surface area contributed by atoms with E-state index in [1.807, 2.05) is 0 Å². The lowest BCUT2D eigenvalue weighted by Gasteiger charge is -2.18. The number of aryl methyl sites for hydroxylation is 1. The first-order chi connectivity index (χ1) is 19.9. The first kappa shape index (κ1) is 27.4. The number of rotatable bonds is 11. The predicted octanol–water partition coefficient (Wildman–Crippen LogP) is 3.00. The molecule has 2 aromatic carbocycles. The van der Waals surface area contributed by atoms with Crippen molar-refractivity contribution in [2.24, 2.45) is 0 Å². The fraction of sp³-hybridized carbons (Fsp3) is 0.154. The number of aromatic nitrogens is 7. The van der Waals surface area contributed by atoms with Gasteiger partial charge in [-0.1, -0.05) is 30.3 Å². The van der Waals surface area contributed by atoms with Crippen molar-refractivity contribution in [2.45, 2.75) is 11.8 Å². The van der Waals surface area contributed by atoms with Crippen LogP contribution in [0.4, 0.5) is 5.82 Å². The normalized spacial score (nSPS) is 11.2. The number of aromatic amines is 1. The quantitative estimate of drug-likeness (QED) is 0.209. The molecule has 0 atom stereocenters. The number of aliphatic hydroxyl groups is 1. The maximum absolute atomic E-state index is 13.6. The van der Waals surface area contributed by atoms with E-state index in [9.17, 15) is 13.5 Å². The number of hydrogen-bond acceptors (Lipinski definition) is 12. The summed E-state index contributed by atoms with van der Waals surface area (Å²) in [6.45, 7) is 1.18. The maximum Gasteiger partial charge on any atom is 0.263 e. The molecule has 0 aliphatic carbocycles. The van der Waals surface area contributed by atoms with Crippen molar-refractivity contribution in [1.82, 2.24) is 35.6 Å². The molecule has 3 heterocycles. The Balaban J connectivity index is 1.69. The van der Waals surface area contributed by atoms with Crippen LogP contribution in [0.3, 0.4) is 0 Å². The Morgan fingerprint density at radius 1 is 1.00 bits per heavy atom. The highest BCUT2D eigenvalue weighted by molar-refractivity contribution is 7.92. The molecule has 0 radical (unpaired) electrons. The summed E-state index contributed by atoms with van der Waals surface area (Å²) < 4.78 is 46.9. The number of nitrogens with one attached hydrogen (secondary N) is 2. The molecule has 0 bridgehead atoms. The van der Waals surface area contributed by atoms with Gasteiger partial charge in [0, 0.05) is 11.8 Å². The van der Waals surface area contributed by atoms with Crippen molar-refractivity contribution < 1.29 is 27.7 Å². The second kappa shape index (κ2) is 11.9. The smallest absolute Gasteiger partial charge is 0.263 e. The summed E-state index contributed by atoms with van der Waals surface area (Å²) in [5.41, 5.74) is 1.33. The number of anilines is 1. The number of hydrogen-bond donors (Lipinski definition) is 3. The van der Waals surface area contributed by atoms with E-state index in [1.165, 1.54) is 19.4 Å². The highest BCUT2D eigenvalue weighted by Gasteiger charge is 2.26. The van der Waals surface area contributed by atoms with Crippen LogP contribution in [-0.2, 0) is 10.0 Å². The number of sulfonamides is 1. The number of aliphatic hydroxyl groups excluding tert-OH is 1. The monoisotopic (exact) mass is 576 g/mol. The number of H-pyrrole nitrogens is 1. The molecule has 0 saturated heterocycles. The zero-order valence-electron chi connectivity index (χ0n) is 21.8. The second-order valence-corrected chi connectivity index (χ2v) is 10.0. The lowest BCUT2D eigenvalue weighted by Crippen LogP contribution is -2.17. The fourth-order valence-electron chi connectivity index (χ4n) is 3.78. The first-order valence-corrected chi connectivity index (χ1v) is 13.6. The third kappa shape index (κ3) is 6.05. The van der Waals surface area contributed by atoms with Crippen molar-refractivity contribution in [3.05, 3.63) is 72.4 Å². The number of nitrogens with zero attached hydrogens (tertiary/aromatic N) is 6. The van der Waals surface area contributed by atoms with Crippen molar-refractivity contribution in [1.29, 1.82) is 0 Å². The molecule has 0 fully saturated rings. The summed E-state index contributed by atoms with van der Waals surface area (Å²) in [5, 5.41) is 23.3. The van der Waals surface area contributed by atoms with Crippen molar-refractivity contribution in [3.63, 3.8) is 0 Å². The molecule has 5 rings (SSSR count). The minimum atomic E-state index is -4.16. The van der Waals surface area contributed by atoms with Gasteiger partial charge in [-0.05, 0) is 48.0 Å². The van der Waals surface area contributed by atoms with E-state index in [0.717, 1.165) is 0 Å². The van der Waals surface area contributed by atoms with E-state index < -0.39 is 10.0 Å². The van der Waals surface area contributed by atoms with Crippen LogP contribution in [0, 0.1) is 6.92 Å². The van der Waals surface area contributed by atoms with Gasteiger partial charge in [-0.2, -0.15) is 10.2 Å². The predicted molar refractivity (Wildman–Crippen MR) is 146 cm³/mol. The molecule has 0 aliphatic rings. The number of tetrazole rings is 1. The van der Waals surface area contributed by atoms with Gasteiger partial charge in [0.05, 0.1) is 18.6 Å². The Kier molecular flexibility index (Phi) is 7.98. The van der Waals surface area contributed by atoms with Crippen LogP contribution >= 0.6 is 0 Å².